The van der Waals surface area contributed by atoms with Crippen LogP contribution < -0.4 is 11.1 Å². The van der Waals surface area contributed by atoms with Crippen molar-refractivity contribution in [1.29, 1.82) is 0 Å². The van der Waals surface area contributed by atoms with Gasteiger partial charge in [-0.2, -0.15) is 0 Å². The van der Waals surface area contributed by atoms with Gasteiger partial charge in [0.1, 0.15) is 11.6 Å². The number of rotatable bonds is 2. The van der Waals surface area contributed by atoms with Crippen LogP contribution in [0.1, 0.15) is 0 Å². The fourth-order valence-corrected chi connectivity index (χ4v) is 1.64. The number of hydrogen-bond donors (Lipinski definition) is 2. The van der Waals surface area contributed by atoms with Gasteiger partial charge in [0, 0.05) is 10.7 Å². The molecule has 17 heavy (non-hydrogen) atoms. The molecule has 0 unspecified atom stereocenters. The van der Waals surface area contributed by atoms with E-state index in [2.05, 4.69) is 5.32 Å². The van der Waals surface area contributed by atoms with Gasteiger partial charge in [0.25, 0.3) is 0 Å². The fourth-order valence-electron chi connectivity index (χ4n) is 1.42. The van der Waals surface area contributed by atoms with E-state index in [1.165, 1.54) is 36.4 Å². The largest absolute Gasteiger partial charge is 0.397 e. The van der Waals surface area contributed by atoms with Crippen LogP contribution in [0, 0.1) is 11.6 Å². The first kappa shape index (κ1) is 11.7. The van der Waals surface area contributed by atoms with E-state index in [4.69, 9.17) is 17.3 Å². The molecular formula is C12H9ClF2N2. The highest BCUT2D eigenvalue weighted by atomic mass is 35.5. The summed E-state index contributed by atoms with van der Waals surface area (Å²) in [6.07, 6.45) is 0. The van der Waals surface area contributed by atoms with Crippen molar-refractivity contribution in [2.24, 2.45) is 0 Å². The summed E-state index contributed by atoms with van der Waals surface area (Å²) in [6, 6.07) is 7.86. The molecule has 0 bridgehead atoms. The summed E-state index contributed by atoms with van der Waals surface area (Å²) in [4.78, 5) is 0. The van der Waals surface area contributed by atoms with Crippen molar-refractivity contribution in [2.45, 2.75) is 0 Å². The van der Waals surface area contributed by atoms with Crippen LogP contribution in [0.5, 0.6) is 0 Å². The zero-order valence-corrected chi connectivity index (χ0v) is 9.43. The van der Waals surface area contributed by atoms with Crippen LogP contribution in [0.3, 0.4) is 0 Å². The molecule has 0 aromatic heterocycles. The maximum Gasteiger partial charge on any atom is 0.126 e. The lowest BCUT2D eigenvalue weighted by molar-refractivity contribution is 0.628. The van der Waals surface area contributed by atoms with Gasteiger partial charge in [-0.15, -0.1) is 0 Å². The highest BCUT2D eigenvalue weighted by Gasteiger charge is 2.04. The number of nitrogens with two attached hydrogens (primary N) is 1. The Hall–Kier alpha value is -1.81. The Labute approximate surface area is 102 Å². The number of nitrogens with one attached hydrogen (secondary N) is 1. The minimum absolute atomic E-state index is 0.252. The third-order valence-electron chi connectivity index (χ3n) is 2.16. The van der Waals surface area contributed by atoms with E-state index in [1.54, 1.807) is 0 Å². The molecule has 0 aliphatic rings. The van der Waals surface area contributed by atoms with Crippen molar-refractivity contribution in [3.8, 4) is 0 Å². The molecule has 0 heterocycles. The summed E-state index contributed by atoms with van der Waals surface area (Å²) in [5.41, 5.74) is 6.80. The van der Waals surface area contributed by atoms with E-state index in [9.17, 15) is 8.78 Å². The van der Waals surface area contributed by atoms with Gasteiger partial charge in [-0.05, 0) is 36.4 Å². The minimum Gasteiger partial charge on any atom is -0.397 e. The van der Waals surface area contributed by atoms with Gasteiger partial charge in [0.2, 0.25) is 0 Å². The van der Waals surface area contributed by atoms with E-state index >= 15 is 0 Å². The lowest BCUT2D eigenvalue weighted by Gasteiger charge is -2.09. The first-order chi connectivity index (χ1) is 8.04. The van der Waals surface area contributed by atoms with Crippen LogP contribution in [0.4, 0.5) is 25.8 Å². The summed E-state index contributed by atoms with van der Waals surface area (Å²) < 4.78 is 26.1. The van der Waals surface area contributed by atoms with Crippen LogP contribution >= 0.6 is 11.6 Å². The van der Waals surface area contributed by atoms with Crippen LogP contribution in [0.15, 0.2) is 36.4 Å². The first-order valence-corrected chi connectivity index (χ1v) is 5.20. The van der Waals surface area contributed by atoms with Crippen molar-refractivity contribution in [1.82, 2.24) is 0 Å². The highest BCUT2D eigenvalue weighted by Crippen LogP contribution is 2.26. The SMILES string of the molecule is Nc1ccc(F)cc1Nc1cc(F)cc(Cl)c1. The lowest BCUT2D eigenvalue weighted by atomic mass is 10.2. The predicted molar refractivity (Wildman–Crippen MR) is 65.5 cm³/mol. The number of anilines is 3. The molecule has 2 rings (SSSR count). The summed E-state index contributed by atoms with van der Waals surface area (Å²) in [5.74, 6) is -0.904. The maximum absolute atomic E-state index is 13.1. The topological polar surface area (TPSA) is 38.0 Å². The molecule has 0 spiro atoms. The average molecular weight is 255 g/mol. The smallest absolute Gasteiger partial charge is 0.126 e. The molecule has 0 amide bonds. The zero-order valence-electron chi connectivity index (χ0n) is 8.68. The van der Waals surface area contributed by atoms with Gasteiger partial charge < -0.3 is 11.1 Å². The molecule has 2 nitrogen and oxygen atoms in total. The van der Waals surface area contributed by atoms with Gasteiger partial charge in [-0.25, -0.2) is 8.78 Å². The normalized spacial score (nSPS) is 10.3. The standard InChI is InChI=1S/C12H9ClF2N2/c13-7-3-9(15)5-10(4-7)17-12-6-8(14)1-2-11(12)16/h1-6,17H,16H2. The molecule has 0 atom stereocenters. The van der Waals surface area contributed by atoms with E-state index < -0.39 is 11.6 Å². The second kappa shape index (κ2) is 4.59. The second-order valence-electron chi connectivity index (χ2n) is 3.51. The van der Waals surface area contributed by atoms with E-state index in [1.807, 2.05) is 0 Å². The highest BCUT2D eigenvalue weighted by molar-refractivity contribution is 6.30. The quantitative estimate of drug-likeness (QED) is 0.797. The summed E-state index contributed by atoms with van der Waals surface area (Å²) in [6.45, 7) is 0. The lowest BCUT2D eigenvalue weighted by Crippen LogP contribution is -1.97. The monoisotopic (exact) mass is 254 g/mol. The number of nitrogen functional groups attached to an aromatic ring is 1. The van der Waals surface area contributed by atoms with Gasteiger partial charge in [-0.1, -0.05) is 11.6 Å². The molecule has 5 heteroatoms. The van der Waals surface area contributed by atoms with Crippen LogP contribution in [0.2, 0.25) is 5.02 Å². The average Bonchev–Trinajstić information content (AvgIpc) is 2.22. The summed E-state index contributed by atoms with van der Waals surface area (Å²) in [5, 5.41) is 3.06. The maximum atomic E-state index is 13.1. The van der Waals surface area contributed by atoms with Crippen LogP contribution in [-0.4, -0.2) is 0 Å². The molecule has 0 aliphatic heterocycles. The molecule has 2 aromatic rings. The molecular weight excluding hydrogens is 246 g/mol. The molecule has 0 saturated heterocycles. The Morgan fingerprint density at radius 1 is 1.00 bits per heavy atom. The summed E-state index contributed by atoms with van der Waals surface area (Å²) >= 11 is 5.70. The van der Waals surface area contributed by atoms with Gasteiger partial charge in [0.05, 0.1) is 11.4 Å². The molecule has 0 saturated carbocycles. The van der Waals surface area contributed by atoms with E-state index in [-0.39, 0.29) is 5.02 Å². The predicted octanol–water partition coefficient (Wildman–Crippen LogP) is 3.94. The van der Waals surface area contributed by atoms with Crippen molar-refractivity contribution in [3.05, 3.63) is 53.1 Å². The molecule has 0 aliphatic carbocycles. The number of hydrogen-bond acceptors (Lipinski definition) is 2. The zero-order chi connectivity index (χ0) is 12.4. The Morgan fingerprint density at radius 2 is 1.76 bits per heavy atom. The fraction of sp³-hybridized carbons (Fsp3) is 0. The van der Waals surface area contributed by atoms with Crippen molar-refractivity contribution in [3.63, 3.8) is 0 Å². The van der Waals surface area contributed by atoms with Crippen molar-refractivity contribution >= 4 is 28.7 Å². The van der Waals surface area contributed by atoms with Crippen LogP contribution in [-0.2, 0) is 0 Å². The molecule has 3 N–H and O–H groups in total. The number of benzene rings is 2. The molecule has 88 valence electrons. The Kier molecular flexibility index (Phi) is 3.15. The van der Waals surface area contributed by atoms with E-state index in [0.717, 1.165) is 0 Å². The molecule has 0 fully saturated rings. The third-order valence-corrected chi connectivity index (χ3v) is 2.38. The van der Waals surface area contributed by atoms with Crippen molar-refractivity contribution < 1.29 is 8.78 Å². The van der Waals surface area contributed by atoms with Gasteiger partial charge in [0.15, 0.2) is 0 Å². The van der Waals surface area contributed by atoms with E-state index in [0.29, 0.717) is 17.1 Å². The molecule has 2 aromatic carbocycles. The van der Waals surface area contributed by atoms with Gasteiger partial charge in [-0.3, -0.25) is 0 Å². The summed E-state index contributed by atoms with van der Waals surface area (Å²) in [7, 11) is 0. The minimum atomic E-state index is -0.477. The Bertz CT molecular complexity index is 538. The Balaban J connectivity index is 2.34. The number of halogens is 3. The van der Waals surface area contributed by atoms with Crippen LogP contribution in [0.25, 0.3) is 0 Å². The molecule has 0 radical (unpaired) electrons. The second-order valence-corrected chi connectivity index (χ2v) is 3.95. The first-order valence-electron chi connectivity index (χ1n) is 4.83. The van der Waals surface area contributed by atoms with Crippen molar-refractivity contribution in [2.75, 3.05) is 11.1 Å². The Morgan fingerprint density at radius 3 is 2.47 bits per heavy atom. The third kappa shape index (κ3) is 2.85. The van der Waals surface area contributed by atoms with Gasteiger partial charge >= 0.3 is 0 Å².